The fourth-order valence-electron chi connectivity index (χ4n) is 4.51. The summed E-state index contributed by atoms with van der Waals surface area (Å²) in [7, 11) is 1.89. The second-order valence-corrected chi connectivity index (χ2v) is 7.71. The maximum Gasteiger partial charge on any atom is 0.142 e. The van der Waals surface area contributed by atoms with Crippen molar-refractivity contribution in [1.82, 2.24) is 10.3 Å². The molecule has 0 saturated carbocycles. The first kappa shape index (κ1) is 17.4. The summed E-state index contributed by atoms with van der Waals surface area (Å²) in [4.78, 5) is 8.62. The number of nitrogens with zero attached hydrogens (tertiary/aromatic N) is 2. The number of aryl methyl sites for hydroxylation is 1. The van der Waals surface area contributed by atoms with Gasteiger partial charge in [0.05, 0.1) is 0 Å². The molecule has 2 aliphatic rings. The fraction of sp³-hybridized carbons (Fsp3) is 0.333. The summed E-state index contributed by atoms with van der Waals surface area (Å²) in [5.41, 5.74) is 7.39. The van der Waals surface area contributed by atoms with E-state index in [1.807, 2.05) is 31.6 Å². The Morgan fingerprint density at radius 1 is 1.04 bits per heavy atom. The van der Waals surface area contributed by atoms with Crippen molar-refractivity contribution < 1.29 is 4.42 Å². The number of aliphatic imine (C=N–C) groups is 1. The van der Waals surface area contributed by atoms with Crippen LogP contribution in [-0.4, -0.2) is 30.8 Å². The number of hydrogen-bond donors (Lipinski definition) is 1. The molecule has 1 fully saturated rings. The molecule has 2 aromatic heterocycles. The molecule has 4 heteroatoms. The molecule has 1 atom stereocenters. The quantitative estimate of drug-likeness (QED) is 0.717. The maximum absolute atomic E-state index is 6.46. The van der Waals surface area contributed by atoms with Crippen molar-refractivity contribution >= 4 is 5.71 Å². The predicted octanol–water partition coefficient (Wildman–Crippen LogP) is 4.84. The minimum atomic E-state index is 0.441. The Kier molecular flexibility index (Phi) is 4.57. The lowest BCUT2D eigenvalue weighted by Crippen LogP contribution is -2.28. The van der Waals surface area contributed by atoms with Gasteiger partial charge < -0.3 is 9.73 Å². The largest absolute Gasteiger partial charge is 0.460 e. The average molecular weight is 371 g/mol. The molecule has 3 heterocycles. The van der Waals surface area contributed by atoms with Crippen molar-refractivity contribution in [2.75, 3.05) is 20.1 Å². The summed E-state index contributed by atoms with van der Waals surface area (Å²) in [6, 6.07) is 13.1. The number of fused-ring (bicyclic) bond motifs is 1. The number of furan rings is 1. The molecule has 1 unspecified atom stereocenters. The predicted molar refractivity (Wildman–Crippen MR) is 113 cm³/mol. The Balaban J connectivity index is 1.61. The molecule has 1 aliphatic carbocycles. The Morgan fingerprint density at radius 2 is 1.93 bits per heavy atom. The topological polar surface area (TPSA) is 50.4 Å². The second-order valence-electron chi connectivity index (χ2n) is 7.71. The molecule has 1 N–H and O–H groups in total. The zero-order valence-corrected chi connectivity index (χ0v) is 16.2. The molecule has 1 saturated heterocycles. The van der Waals surface area contributed by atoms with E-state index in [2.05, 4.69) is 39.6 Å². The molecular formula is C24H25N3O. The number of aromatic nitrogens is 1. The van der Waals surface area contributed by atoms with E-state index < -0.39 is 0 Å². The van der Waals surface area contributed by atoms with Crippen molar-refractivity contribution in [3.05, 3.63) is 65.7 Å². The highest BCUT2D eigenvalue weighted by Gasteiger charge is 2.24. The van der Waals surface area contributed by atoms with E-state index in [1.165, 1.54) is 40.8 Å². The van der Waals surface area contributed by atoms with E-state index in [9.17, 15) is 0 Å². The van der Waals surface area contributed by atoms with Gasteiger partial charge in [0, 0.05) is 48.7 Å². The highest BCUT2D eigenvalue weighted by atomic mass is 16.3. The number of rotatable bonds is 3. The molecule has 0 bridgehead atoms. The van der Waals surface area contributed by atoms with Gasteiger partial charge in [-0.3, -0.25) is 9.98 Å². The van der Waals surface area contributed by atoms with E-state index >= 15 is 0 Å². The zero-order valence-electron chi connectivity index (χ0n) is 16.2. The van der Waals surface area contributed by atoms with Gasteiger partial charge in [0.25, 0.3) is 0 Å². The molecule has 28 heavy (non-hydrogen) atoms. The van der Waals surface area contributed by atoms with Crippen molar-refractivity contribution in [3.8, 4) is 22.5 Å². The van der Waals surface area contributed by atoms with Crippen LogP contribution in [0.4, 0.5) is 0 Å². The first-order valence-electron chi connectivity index (χ1n) is 10.2. The molecule has 3 aromatic rings. The van der Waals surface area contributed by atoms with Gasteiger partial charge in [0.15, 0.2) is 0 Å². The molecule has 1 aromatic carbocycles. The van der Waals surface area contributed by atoms with Crippen molar-refractivity contribution in [1.29, 1.82) is 0 Å². The Hall–Kier alpha value is -2.72. The molecule has 5 rings (SSSR count). The summed E-state index contributed by atoms with van der Waals surface area (Å²) in [6.45, 7) is 2.09. The van der Waals surface area contributed by atoms with Crippen LogP contribution in [0.2, 0.25) is 0 Å². The Labute approximate surface area is 165 Å². The molecule has 0 amide bonds. The first-order valence-corrected chi connectivity index (χ1v) is 10.2. The summed E-state index contributed by atoms with van der Waals surface area (Å²) >= 11 is 0. The van der Waals surface area contributed by atoms with Crippen LogP contribution in [-0.2, 0) is 6.42 Å². The Bertz CT molecular complexity index is 1010. The number of hydrogen-bond acceptors (Lipinski definition) is 4. The molecule has 0 spiro atoms. The lowest BCUT2D eigenvalue weighted by Gasteiger charge is -2.20. The summed E-state index contributed by atoms with van der Waals surface area (Å²) < 4.78 is 6.46. The number of nitrogens with one attached hydrogen (secondary N) is 1. The van der Waals surface area contributed by atoms with E-state index in [0.717, 1.165) is 43.0 Å². The van der Waals surface area contributed by atoms with E-state index in [0.29, 0.717) is 5.92 Å². The van der Waals surface area contributed by atoms with Crippen LogP contribution in [0, 0.1) is 0 Å². The molecule has 142 valence electrons. The van der Waals surface area contributed by atoms with Gasteiger partial charge in [0.1, 0.15) is 11.5 Å². The van der Waals surface area contributed by atoms with Gasteiger partial charge in [-0.05, 0) is 67.1 Å². The molecule has 0 radical (unpaired) electrons. The van der Waals surface area contributed by atoms with Gasteiger partial charge >= 0.3 is 0 Å². The average Bonchev–Trinajstić information content (AvgIpc) is 3.39. The van der Waals surface area contributed by atoms with Crippen LogP contribution in [0.5, 0.6) is 0 Å². The summed E-state index contributed by atoms with van der Waals surface area (Å²) in [5, 5.41) is 3.50. The molecular weight excluding hydrogens is 346 g/mol. The van der Waals surface area contributed by atoms with Gasteiger partial charge in [0.2, 0.25) is 0 Å². The third-order valence-corrected chi connectivity index (χ3v) is 6.02. The second kappa shape index (κ2) is 7.36. The highest BCUT2D eigenvalue weighted by molar-refractivity contribution is 6.05. The third kappa shape index (κ3) is 3.08. The number of benzene rings is 1. The van der Waals surface area contributed by atoms with Crippen LogP contribution in [0.15, 0.2) is 58.2 Å². The van der Waals surface area contributed by atoms with Crippen LogP contribution in [0.3, 0.4) is 0 Å². The van der Waals surface area contributed by atoms with Crippen LogP contribution in [0.1, 0.15) is 42.1 Å². The number of pyridine rings is 1. The van der Waals surface area contributed by atoms with E-state index in [1.54, 1.807) is 0 Å². The molecule has 4 nitrogen and oxygen atoms in total. The maximum atomic E-state index is 6.46. The zero-order chi connectivity index (χ0) is 18.9. The standard InChI is InChI=1S/C24H25N3O/c1-25-22-7-5-17-13-18(4-6-20(17)22)21-14-23(19-3-2-10-27-15-19)28-24(21)16-8-11-26-12-9-16/h4,6,8-9,11-14,19,27H,2-3,5,7,10,15H2,1H3. The third-order valence-electron chi connectivity index (χ3n) is 6.02. The van der Waals surface area contributed by atoms with Crippen molar-refractivity contribution in [3.63, 3.8) is 0 Å². The van der Waals surface area contributed by atoms with Crippen LogP contribution >= 0.6 is 0 Å². The fourth-order valence-corrected chi connectivity index (χ4v) is 4.51. The monoisotopic (exact) mass is 371 g/mol. The van der Waals surface area contributed by atoms with Gasteiger partial charge in [-0.1, -0.05) is 18.2 Å². The van der Waals surface area contributed by atoms with Gasteiger partial charge in [-0.2, -0.15) is 0 Å². The van der Waals surface area contributed by atoms with Crippen molar-refractivity contribution in [2.24, 2.45) is 4.99 Å². The lowest BCUT2D eigenvalue weighted by molar-refractivity contribution is 0.392. The minimum Gasteiger partial charge on any atom is -0.460 e. The van der Waals surface area contributed by atoms with E-state index in [-0.39, 0.29) is 0 Å². The van der Waals surface area contributed by atoms with Gasteiger partial charge in [-0.25, -0.2) is 0 Å². The molecule has 1 aliphatic heterocycles. The lowest BCUT2D eigenvalue weighted by atomic mass is 9.94. The SMILES string of the molecule is CN=C1CCc2cc(-c3cc(C4CCCNC4)oc3-c3ccncc3)ccc21. The van der Waals surface area contributed by atoms with Crippen molar-refractivity contribution in [2.45, 2.75) is 31.6 Å². The smallest absolute Gasteiger partial charge is 0.142 e. The van der Waals surface area contributed by atoms with Crippen LogP contribution in [0.25, 0.3) is 22.5 Å². The first-order chi connectivity index (χ1) is 13.8. The van der Waals surface area contributed by atoms with E-state index in [4.69, 9.17) is 4.42 Å². The van der Waals surface area contributed by atoms with Crippen LogP contribution < -0.4 is 5.32 Å². The summed E-state index contributed by atoms with van der Waals surface area (Å²) in [5.74, 6) is 2.48. The highest BCUT2D eigenvalue weighted by Crippen LogP contribution is 2.40. The Morgan fingerprint density at radius 3 is 2.71 bits per heavy atom. The summed E-state index contributed by atoms with van der Waals surface area (Å²) in [6.07, 6.45) is 8.14. The van der Waals surface area contributed by atoms with Gasteiger partial charge in [-0.15, -0.1) is 0 Å². The normalized spacial score (nSPS) is 20.5. The number of piperidine rings is 1. The minimum absolute atomic E-state index is 0.441.